The summed E-state index contributed by atoms with van der Waals surface area (Å²) in [7, 11) is 0. The Morgan fingerprint density at radius 1 is 1.47 bits per heavy atom. The molecule has 0 saturated heterocycles. The van der Waals surface area contributed by atoms with Gasteiger partial charge in [-0.25, -0.2) is 4.39 Å². The van der Waals surface area contributed by atoms with Crippen LogP contribution in [0.25, 0.3) is 0 Å². The highest BCUT2D eigenvalue weighted by atomic mass is 19.1. The van der Waals surface area contributed by atoms with Crippen molar-refractivity contribution in [3.8, 4) is 0 Å². The molecule has 0 heterocycles. The number of carbonyl (C=O) groups is 1. The quantitative estimate of drug-likeness (QED) is 0.769. The average Bonchev–Trinajstić information content (AvgIpc) is 2.16. The van der Waals surface area contributed by atoms with Crippen molar-refractivity contribution < 1.29 is 14.3 Å². The van der Waals surface area contributed by atoms with E-state index < -0.39 is 11.4 Å². The highest BCUT2D eigenvalue weighted by molar-refractivity contribution is 5.75. The lowest BCUT2D eigenvalue weighted by atomic mass is 9.73. The Labute approximate surface area is 87.7 Å². The van der Waals surface area contributed by atoms with Gasteiger partial charge in [-0.2, -0.15) is 0 Å². The first-order valence-corrected chi connectivity index (χ1v) is 5.02. The van der Waals surface area contributed by atoms with Crippen molar-refractivity contribution in [2.45, 2.75) is 26.2 Å². The fourth-order valence-corrected chi connectivity index (χ4v) is 2.10. The maximum Gasteiger partial charge on any atom is 0.309 e. The van der Waals surface area contributed by atoms with Crippen molar-refractivity contribution in [1.29, 1.82) is 0 Å². The van der Waals surface area contributed by atoms with Crippen LogP contribution in [-0.4, -0.2) is 11.1 Å². The number of aryl methyl sites for hydroxylation is 1. The first-order valence-electron chi connectivity index (χ1n) is 5.02. The van der Waals surface area contributed by atoms with E-state index in [9.17, 15) is 9.18 Å². The summed E-state index contributed by atoms with van der Waals surface area (Å²) in [5, 5.41) is 9.10. The zero-order valence-electron chi connectivity index (χ0n) is 8.59. The highest BCUT2D eigenvalue weighted by Crippen LogP contribution is 2.35. The third kappa shape index (κ3) is 1.74. The van der Waals surface area contributed by atoms with E-state index in [1.54, 1.807) is 13.0 Å². The lowest BCUT2D eigenvalue weighted by Gasteiger charge is -2.30. The van der Waals surface area contributed by atoms with Gasteiger partial charge in [0.25, 0.3) is 0 Å². The molecule has 1 N–H and O–H groups in total. The SMILES string of the molecule is CC1(C(=O)O)CCc2ccc(F)cc2C1. The van der Waals surface area contributed by atoms with Crippen LogP contribution in [-0.2, 0) is 17.6 Å². The van der Waals surface area contributed by atoms with Gasteiger partial charge in [0.2, 0.25) is 0 Å². The van der Waals surface area contributed by atoms with Gasteiger partial charge in [-0.1, -0.05) is 6.07 Å². The van der Waals surface area contributed by atoms with Gasteiger partial charge in [0, 0.05) is 0 Å². The number of hydrogen-bond donors (Lipinski definition) is 1. The van der Waals surface area contributed by atoms with E-state index in [1.165, 1.54) is 12.1 Å². The molecular formula is C12H13FO2. The smallest absolute Gasteiger partial charge is 0.309 e. The van der Waals surface area contributed by atoms with Crippen LogP contribution >= 0.6 is 0 Å². The molecule has 1 aromatic rings. The molecule has 0 saturated carbocycles. The van der Waals surface area contributed by atoms with Crippen LogP contribution < -0.4 is 0 Å². The number of benzene rings is 1. The number of aliphatic carboxylic acids is 1. The Balaban J connectivity index is 2.37. The summed E-state index contributed by atoms with van der Waals surface area (Å²) in [6.07, 6.45) is 1.77. The highest BCUT2D eigenvalue weighted by Gasteiger charge is 2.36. The molecule has 0 bridgehead atoms. The van der Waals surface area contributed by atoms with Gasteiger partial charge in [-0.05, 0) is 49.4 Å². The van der Waals surface area contributed by atoms with Gasteiger partial charge in [0.05, 0.1) is 5.41 Å². The second kappa shape index (κ2) is 3.33. The van der Waals surface area contributed by atoms with E-state index in [2.05, 4.69) is 0 Å². The monoisotopic (exact) mass is 208 g/mol. The Bertz CT molecular complexity index is 414. The molecule has 0 aliphatic heterocycles. The molecule has 2 nitrogen and oxygen atoms in total. The fraction of sp³-hybridized carbons (Fsp3) is 0.417. The van der Waals surface area contributed by atoms with Gasteiger partial charge in [-0.15, -0.1) is 0 Å². The molecule has 1 unspecified atom stereocenters. The van der Waals surface area contributed by atoms with Crippen molar-refractivity contribution in [1.82, 2.24) is 0 Å². The van der Waals surface area contributed by atoms with E-state index in [0.29, 0.717) is 12.8 Å². The van der Waals surface area contributed by atoms with E-state index in [4.69, 9.17) is 5.11 Å². The van der Waals surface area contributed by atoms with Crippen LogP contribution in [0.4, 0.5) is 4.39 Å². The largest absolute Gasteiger partial charge is 0.481 e. The third-order valence-corrected chi connectivity index (χ3v) is 3.21. The van der Waals surface area contributed by atoms with Crippen molar-refractivity contribution in [2.24, 2.45) is 5.41 Å². The summed E-state index contributed by atoms with van der Waals surface area (Å²) >= 11 is 0. The van der Waals surface area contributed by atoms with Gasteiger partial charge in [0.1, 0.15) is 5.82 Å². The molecule has 0 aromatic heterocycles. The molecule has 2 rings (SSSR count). The summed E-state index contributed by atoms with van der Waals surface area (Å²) < 4.78 is 13.0. The summed E-state index contributed by atoms with van der Waals surface area (Å²) in [4.78, 5) is 11.1. The maximum atomic E-state index is 13.0. The third-order valence-electron chi connectivity index (χ3n) is 3.21. The zero-order valence-corrected chi connectivity index (χ0v) is 8.59. The van der Waals surface area contributed by atoms with Crippen LogP contribution in [0.2, 0.25) is 0 Å². The molecule has 0 fully saturated rings. The Kier molecular flexibility index (Phi) is 2.25. The zero-order chi connectivity index (χ0) is 11.1. The molecule has 1 aliphatic carbocycles. The molecule has 1 atom stereocenters. The molecule has 0 spiro atoms. The van der Waals surface area contributed by atoms with Gasteiger partial charge >= 0.3 is 5.97 Å². The Morgan fingerprint density at radius 3 is 2.87 bits per heavy atom. The number of carboxylic acids is 1. The molecule has 80 valence electrons. The van der Waals surface area contributed by atoms with Crippen LogP contribution in [0.15, 0.2) is 18.2 Å². The number of halogens is 1. The summed E-state index contributed by atoms with van der Waals surface area (Å²) in [5.74, 6) is -1.08. The predicted octanol–water partition coefficient (Wildman–Crippen LogP) is 2.41. The minimum Gasteiger partial charge on any atom is -0.481 e. The second-order valence-corrected chi connectivity index (χ2v) is 4.46. The fourth-order valence-electron chi connectivity index (χ4n) is 2.10. The lowest BCUT2D eigenvalue weighted by molar-refractivity contribution is -0.148. The molecule has 0 radical (unpaired) electrons. The molecular weight excluding hydrogens is 195 g/mol. The van der Waals surface area contributed by atoms with Crippen LogP contribution in [0, 0.1) is 11.2 Å². The van der Waals surface area contributed by atoms with Crippen LogP contribution in [0.5, 0.6) is 0 Å². The molecule has 1 aromatic carbocycles. The van der Waals surface area contributed by atoms with E-state index in [0.717, 1.165) is 17.5 Å². The van der Waals surface area contributed by atoms with E-state index in [-0.39, 0.29) is 5.82 Å². The summed E-state index contributed by atoms with van der Waals surface area (Å²) in [6.45, 7) is 1.73. The topological polar surface area (TPSA) is 37.3 Å². The van der Waals surface area contributed by atoms with Crippen molar-refractivity contribution >= 4 is 5.97 Å². The normalized spacial score (nSPS) is 24.7. The Morgan fingerprint density at radius 2 is 2.20 bits per heavy atom. The Hall–Kier alpha value is -1.38. The minimum absolute atomic E-state index is 0.289. The first-order chi connectivity index (χ1) is 7.01. The summed E-state index contributed by atoms with van der Waals surface area (Å²) in [6, 6.07) is 4.64. The molecule has 1 aliphatic rings. The minimum atomic E-state index is -0.794. The summed E-state index contributed by atoms with van der Waals surface area (Å²) in [5.41, 5.74) is 1.18. The molecule has 15 heavy (non-hydrogen) atoms. The number of rotatable bonds is 1. The van der Waals surface area contributed by atoms with Gasteiger partial charge in [-0.3, -0.25) is 4.79 Å². The lowest BCUT2D eigenvalue weighted by Crippen LogP contribution is -2.33. The van der Waals surface area contributed by atoms with Crippen LogP contribution in [0.1, 0.15) is 24.5 Å². The van der Waals surface area contributed by atoms with Crippen molar-refractivity contribution in [2.75, 3.05) is 0 Å². The first kappa shape index (κ1) is 10.1. The number of fused-ring (bicyclic) bond motifs is 1. The average molecular weight is 208 g/mol. The van der Waals surface area contributed by atoms with E-state index >= 15 is 0 Å². The van der Waals surface area contributed by atoms with Crippen molar-refractivity contribution in [3.63, 3.8) is 0 Å². The van der Waals surface area contributed by atoms with Gasteiger partial charge in [0.15, 0.2) is 0 Å². The second-order valence-electron chi connectivity index (χ2n) is 4.46. The van der Waals surface area contributed by atoms with Crippen molar-refractivity contribution in [3.05, 3.63) is 35.1 Å². The van der Waals surface area contributed by atoms with Gasteiger partial charge < -0.3 is 5.11 Å². The number of hydrogen-bond acceptors (Lipinski definition) is 1. The van der Waals surface area contributed by atoms with Crippen LogP contribution in [0.3, 0.4) is 0 Å². The molecule has 3 heteroatoms. The number of carboxylic acid groups (broad SMARTS) is 1. The van der Waals surface area contributed by atoms with E-state index in [1.807, 2.05) is 0 Å². The standard InChI is InChI=1S/C12H13FO2/c1-12(11(14)15)5-4-8-2-3-10(13)6-9(8)7-12/h2-3,6H,4-5,7H2,1H3,(H,14,15). The molecule has 0 amide bonds. The predicted molar refractivity (Wildman–Crippen MR) is 54.2 cm³/mol. The maximum absolute atomic E-state index is 13.0.